The normalized spacial score (nSPS) is 31.0. The van der Waals surface area contributed by atoms with Gasteiger partial charge in [0.25, 0.3) is 5.91 Å². The zero-order chi connectivity index (χ0) is 35.6. The van der Waals surface area contributed by atoms with E-state index in [-0.39, 0.29) is 31.4 Å². The number of nitrogens with zero attached hydrogens (tertiary/aromatic N) is 3. The van der Waals surface area contributed by atoms with Crippen LogP contribution in [0.15, 0.2) is 78.9 Å². The minimum absolute atomic E-state index is 0.172. The van der Waals surface area contributed by atoms with Gasteiger partial charge in [-0.15, -0.1) is 0 Å². The molecule has 2 aromatic carbocycles. The number of carbonyl (C=O) groups excluding carboxylic acids is 4. The molecule has 0 unspecified atom stereocenters. The van der Waals surface area contributed by atoms with Gasteiger partial charge in [0, 0.05) is 37.4 Å². The molecule has 0 radical (unpaired) electrons. The number of fused-ring (bicyclic) bond motifs is 2. The van der Waals surface area contributed by atoms with Gasteiger partial charge < -0.3 is 34.6 Å². The van der Waals surface area contributed by atoms with Crippen molar-refractivity contribution in [2.45, 2.75) is 82.9 Å². The lowest BCUT2D eigenvalue weighted by Gasteiger charge is -2.38. The summed E-state index contributed by atoms with van der Waals surface area (Å²) in [4.78, 5) is 62.3. The van der Waals surface area contributed by atoms with Crippen molar-refractivity contribution in [2.75, 3.05) is 36.0 Å². The van der Waals surface area contributed by atoms with Gasteiger partial charge in [0.2, 0.25) is 11.8 Å². The van der Waals surface area contributed by atoms with Gasteiger partial charge in [-0.1, -0.05) is 61.6 Å². The number of aliphatic hydroxyl groups is 1. The Morgan fingerprint density at radius 3 is 2.36 bits per heavy atom. The van der Waals surface area contributed by atoms with Crippen LogP contribution in [0.3, 0.4) is 0 Å². The molecule has 11 nitrogen and oxygen atoms in total. The molecule has 1 spiro atoms. The summed E-state index contributed by atoms with van der Waals surface area (Å²) in [7, 11) is 0. The molecule has 3 amide bonds. The quantitative estimate of drug-likeness (QED) is 0.317. The molecular weight excluding hydrogens is 636 g/mol. The number of nitrogens with one attached hydrogen (secondary N) is 1. The zero-order valence-corrected chi connectivity index (χ0v) is 29.2. The number of ether oxygens (including phenoxy) is 2. The number of anilines is 2. The van der Waals surface area contributed by atoms with Crippen LogP contribution in [0.1, 0.15) is 58.6 Å². The number of benzene rings is 2. The topological polar surface area (TPSA) is 129 Å². The molecule has 6 rings (SSSR count). The van der Waals surface area contributed by atoms with E-state index in [1.165, 1.54) is 4.90 Å². The van der Waals surface area contributed by atoms with Crippen molar-refractivity contribution in [3.05, 3.63) is 84.5 Å². The fourth-order valence-electron chi connectivity index (χ4n) is 8.09. The number of aliphatic hydroxyl groups excluding tert-OH is 1. The summed E-state index contributed by atoms with van der Waals surface area (Å²) < 4.78 is 12.8. The molecule has 2 saturated heterocycles. The third kappa shape index (κ3) is 6.21. The first-order chi connectivity index (χ1) is 24.2. The molecule has 4 heterocycles. The second-order valence-electron chi connectivity index (χ2n) is 13.5. The second kappa shape index (κ2) is 14.8. The summed E-state index contributed by atoms with van der Waals surface area (Å²) in [5.41, 5.74) is 0.903. The van der Waals surface area contributed by atoms with E-state index in [9.17, 15) is 19.5 Å². The van der Waals surface area contributed by atoms with Crippen LogP contribution >= 0.6 is 0 Å². The Hall–Kier alpha value is -4.48. The number of likely N-dealkylation sites (tertiary alicyclic amines) is 1. The number of amides is 3. The number of hydrogen-bond acceptors (Lipinski definition) is 8. The Kier molecular flexibility index (Phi) is 10.5. The first kappa shape index (κ1) is 35.3. The number of hydrogen-bond donors (Lipinski definition) is 2. The van der Waals surface area contributed by atoms with Gasteiger partial charge in [-0.2, -0.15) is 0 Å². The Morgan fingerprint density at radius 2 is 1.70 bits per heavy atom. The van der Waals surface area contributed by atoms with Gasteiger partial charge in [0.15, 0.2) is 0 Å². The predicted octanol–water partition coefficient (Wildman–Crippen LogP) is 3.93. The lowest BCUT2D eigenvalue weighted by molar-refractivity contribution is -0.161. The van der Waals surface area contributed by atoms with Crippen LogP contribution in [0.2, 0.25) is 0 Å². The largest absolute Gasteiger partial charge is 0.455 e. The molecule has 4 aliphatic rings. The van der Waals surface area contributed by atoms with E-state index >= 15 is 4.79 Å². The van der Waals surface area contributed by atoms with Gasteiger partial charge >= 0.3 is 5.97 Å². The van der Waals surface area contributed by atoms with E-state index in [1.54, 1.807) is 24.0 Å². The van der Waals surface area contributed by atoms with Crippen LogP contribution in [0.5, 0.6) is 0 Å². The summed E-state index contributed by atoms with van der Waals surface area (Å²) in [6.45, 7) is 9.29. The molecule has 8 atom stereocenters. The van der Waals surface area contributed by atoms with Gasteiger partial charge in [-0.25, -0.2) is 0 Å². The van der Waals surface area contributed by atoms with Crippen LogP contribution in [-0.4, -0.2) is 89.8 Å². The molecule has 2 fully saturated rings. The second-order valence-corrected chi connectivity index (χ2v) is 13.5. The summed E-state index contributed by atoms with van der Waals surface area (Å²) >= 11 is 0. The van der Waals surface area contributed by atoms with Crippen molar-refractivity contribution in [1.29, 1.82) is 0 Å². The van der Waals surface area contributed by atoms with Gasteiger partial charge in [-0.05, 0) is 63.4 Å². The average Bonchev–Trinajstić information content (AvgIpc) is 3.77. The van der Waals surface area contributed by atoms with Crippen molar-refractivity contribution in [2.24, 2.45) is 11.8 Å². The zero-order valence-electron chi connectivity index (χ0n) is 29.2. The van der Waals surface area contributed by atoms with Crippen LogP contribution in [0, 0.1) is 11.8 Å². The van der Waals surface area contributed by atoms with E-state index in [1.807, 2.05) is 73.7 Å². The van der Waals surface area contributed by atoms with Gasteiger partial charge in [-0.3, -0.25) is 19.2 Å². The van der Waals surface area contributed by atoms with Crippen LogP contribution in [0.25, 0.3) is 0 Å². The first-order valence-corrected chi connectivity index (χ1v) is 17.8. The summed E-state index contributed by atoms with van der Waals surface area (Å²) in [6, 6.07) is 14.5. The number of rotatable bonds is 8. The maximum Gasteiger partial charge on any atom is 0.313 e. The Labute approximate surface area is 293 Å². The minimum atomic E-state index is -1.44. The molecule has 0 saturated carbocycles. The highest BCUT2D eigenvalue weighted by molar-refractivity contribution is 6.05. The monoisotopic (exact) mass is 684 g/mol. The fraction of sp³-hybridized carbons (Fsp3) is 0.487. The maximum atomic E-state index is 15.1. The number of esters is 1. The van der Waals surface area contributed by atoms with Crippen LogP contribution in [-0.2, 0) is 28.7 Å². The highest BCUT2D eigenvalue weighted by atomic mass is 16.6. The standard InChI is InChI=1S/C39H48N4O7/c1-5-27(24-44)43-35-37(47)42(29-19-17-28(18-20-29)41(6-2)7-3)23-13-9-12-16-31(45)40-25(4)34(26-14-10-8-11-15-26)49-38(48)32-30-21-22-39(35,50-30)33(32)36(43)46/h8-11,13-15,17-22,25,27,30,32-35,44H,5-7,12,16,23-24H2,1-4H3,(H,40,45)/b13-9-/t25-,27+,30+,32-,33-,34+,35+,39-/m1/s1. The van der Waals surface area contributed by atoms with E-state index in [0.29, 0.717) is 24.1 Å². The number of carbonyl (C=O) groups is 4. The highest BCUT2D eigenvalue weighted by Gasteiger charge is 2.74. The number of allylic oxidation sites excluding steroid dienone is 1. The molecule has 50 heavy (non-hydrogen) atoms. The SMILES string of the molecule is CC[C@@H](CO)N1C(=O)[C@H]2[C@@H]3C(=O)O[C@H](c4ccccc4)[C@@H](C)NC(=O)CC/C=C\CN(c4ccc(N(CC)CC)cc4)C(=O)[C@H]1[C@@]21C=C[C@@H]3O1. The summed E-state index contributed by atoms with van der Waals surface area (Å²) in [6.07, 6.45) is 6.64. The molecule has 5 bridgehead atoms. The average molecular weight is 685 g/mol. The van der Waals surface area contributed by atoms with Crippen molar-refractivity contribution in [3.8, 4) is 0 Å². The van der Waals surface area contributed by atoms with Crippen molar-refractivity contribution in [3.63, 3.8) is 0 Å². The van der Waals surface area contributed by atoms with E-state index in [2.05, 4.69) is 24.1 Å². The molecule has 0 aliphatic carbocycles. The minimum Gasteiger partial charge on any atom is -0.455 e. The third-order valence-electron chi connectivity index (χ3n) is 10.7. The molecule has 0 aromatic heterocycles. The van der Waals surface area contributed by atoms with Gasteiger partial charge in [0.1, 0.15) is 23.7 Å². The summed E-state index contributed by atoms with van der Waals surface area (Å²) in [5, 5.41) is 13.5. The predicted molar refractivity (Wildman–Crippen MR) is 189 cm³/mol. The Morgan fingerprint density at radius 1 is 0.980 bits per heavy atom. The highest BCUT2D eigenvalue weighted by Crippen LogP contribution is 2.56. The molecule has 11 heteroatoms. The van der Waals surface area contributed by atoms with E-state index in [0.717, 1.165) is 18.8 Å². The smallest absolute Gasteiger partial charge is 0.313 e. The van der Waals surface area contributed by atoms with Crippen LogP contribution in [0.4, 0.5) is 11.4 Å². The van der Waals surface area contributed by atoms with Crippen molar-refractivity contribution < 1.29 is 33.8 Å². The molecule has 266 valence electrons. The van der Waals surface area contributed by atoms with Crippen molar-refractivity contribution >= 4 is 35.1 Å². The summed E-state index contributed by atoms with van der Waals surface area (Å²) in [5.74, 6) is -3.73. The fourth-order valence-corrected chi connectivity index (χ4v) is 8.09. The molecule has 2 aromatic rings. The molecule has 4 aliphatic heterocycles. The van der Waals surface area contributed by atoms with E-state index in [4.69, 9.17) is 9.47 Å². The lowest BCUT2D eigenvalue weighted by Crippen LogP contribution is -2.58. The van der Waals surface area contributed by atoms with E-state index < -0.39 is 59.6 Å². The van der Waals surface area contributed by atoms with Crippen LogP contribution < -0.4 is 15.1 Å². The molecule has 2 N–H and O–H groups in total. The molecular formula is C39H48N4O7. The van der Waals surface area contributed by atoms with Gasteiger partial charge in [0.05, 0.1) is 30.7 Å². The number of cyclic esters (lactones) is 1. The Balaban J connectivity index is 1.45. The maximum absolute atomic E-state index is 15.1. The first-order valence-electron chi connectivity index (χ1n) is 17.8. The Bertz CT molecular complexity index is 1620. The third-order valence-corrected chi connectivity index (χ3v) is 10.7. The lowest BCUT2D eigenvalue weighted by atomic mass is 9.74. The van der Waals surface area contributed by atoms with Crippen molar-refractivity contribution in [1.82, 2.24) is 10.2 Å².